The molecule has 1 unspecified atom stereocenters. The standard InChI is InChI=1S/C61H50ClN5O10S2/c1-74-46-30-27-38(28-31-46)35-75-58(72)52-42(34-62)36-78-57-51(56(71)67(52)57)64-55(70)50(47-37-79-60(63-47)65-61(43-21-11-4-12-22-43,44-23-13-5-14-24-44)45-25-15-6-16-26-45)66-77-54(41-29-32-48(68)49(69)33-41)59(73)76-53(39-17-7-2-8-18-39)40-19-9-3-10-20-40/h2-33,37,51,53-54,57,68-69H,34-36H2,1H3,(H,63,65)(H,64,70)/b66-50+/t51?,54-,57+/m0/s1. The Labute approximate surface area is 468 Å². The van der Waals surface area contributed by atoms with Gasteiger partial charge in [0, 0.05) is 22.6 Å². The van der Waals surface area contributed by atoms with E-state index in [-0.39, 0.29) is 35.2 Å². The fourth-order valence-corrected chi connectivity index (χ4v) is 11.7. The van der Waals surface area contributed by atoms with Gasteiger partial charge in [0.2, 0.25) is 6.10 Å². The van der Waals surface area contributed by atoms with Crippen LogP contribution in [0.25, 0.3) is 0 Å². The van der Waals surface area contributed by atoms with Gasteiger partial charge in [-0.25, -0.2) is 14.6 Å². The van der Waals surface area contributed by atoms with Crippen LogP contribution in [0.15, 0.2) is 216 Å². The molecule has 3 heterocycles. The lowest BCUT2D eigenvalue weighted by molar-refractivity contribution is -0.162. The van der Waals surface area contributed by atoms with E-state index in [1.54, 1.807) is 61.0 Å². The van der Waals surface area contributed by atoms with Crippen molar-refractivity contribution in [2.24, 2.45) is 5.16 Å². The molecule has 398 valence electrons. The number of aromatic nitrogens is 1. The first-order valence-corrected chi connectivity index (χ1v) is 27.3. The minimum atomic E-state index is -1.76. The third-order valence-corrected chi connectivity index (χ3v) is 15.7. The summed E-state index contributed by atoms with van der Waals surface area (Å²) in [5.74, 6) is -3.46. The Bertz CT molecular complexity index is 3380. The number of ether oxygens (including phenoxy) is 3. The maximum atomic E-state index is 15.1. The Hall–Kier alpha value is -8.90. The van der Waals surface area contributed by atoms with E-state index in [2.05, 4.69) is 15.8 Å². The van der Waals surface area contributed by atoms with E-state index in [4.69, 9.17) is 35.6 Å². The van der Waals surface area contributed by atoms with Gasteiger partial charge in [0.25, 0.3) is 11.8 Å². The smallest absolute Gasteiger partial charge is 0.355 e. The number of nitrogens with zero attached hydrogens (tertiary/aromatic N) is 3. The predicted molar refractivity (Wildman–Crippen MR) is 301 cm³/mol. The first kappa shape index (κ1) is 53.5. The number of benzene rings is 7. The Balaban J connectivity index is 1.01. The topological polar surface area (TPSA) is 198 Å². The highest BCUT2D eigenvalue weighted by Gasteiger charge is 2.55. The van der Waals surface area contributed by atoms with Gasteiger partial charge in [-0.1, -0.05) is 175 Å². The summed E-state index contributed by atoms with van der Waals surface area (Å²) >= 11 is 8.84. The predicted octanol–water partition coefficient (Wildman–Crippen LogP) is 10.4. The van der Waals surface area contributed by atoms with Gasteiger partial charge in [0.05, 0.1) is 7.11 Å². The second-order valence-corrected chi connectivity index (χ2v) is 20.4. The summed E-state index contributed by atoms with van der Waals surface area (Å²) in [5.41, 5.74) is 3.64. The Morgan fingerprint density at radius 3 is 1.87 bits per heavy atom. The van der Waals surface area contributed by atoms with E-state index in [1.165, 1.54) is 40.1 Å². The van der Waals surface area contributed by atoms with Crippen molar-refractivity contribution < 1.29 is 48.4 Å². The normalized spacial score (nSPS) is 15.6. The molecule has 18 heteroatoms. The number of amides is 2. The molecule has 2 aliphatic heterocycles. The summed E-state index contributed by atoms with van der Waals surface area (Å²) in [6, 6.07) is 57.1. The molecule has 0 spiro atoms. The lowest BCUT2D eigenvalue weighted by Crippen LogP contribution is -2.71. The molecule has 79 heavy (non-hydrogen) atoms. The van der Waals surface area contributed by atoms with E-state index in [0.717, 1.165) is 22.8 Å². The summed E-state index contributed by atoms with van der Waals surface area (Å²) < 4.78 is 17.2. The SMILES string of the molecule is COc1ccc(COC(=O)C2=C(CCl)CS[C@@H]3C(NC(=O)/C(=N/O[C@H](C(=O)OC(c4ccccc4)c4ccccc4)c4ccc(O)c(O)c4)c4csc(NC(c5ccccc5)(c5ccccc5)c5ccccc5)n4)C(=O)N23)cc1. The highest BCUT2D eigenvalue weighted by Crippen LogP contribution is 2.43. The van der Waals surface area contributed by atoms with Crippen LogP contribution in [0.1, 0.15) is 56.8 Å². The number of phenolic OH excluding ortho intramolecular Hbond substituents is 2. The zero-order valence-corrected chi connectivity index (χ0v) is 44.6. The summed E-state index contributed by atoms with van der Waals surface area (Å²) in [6.07, 6.45) is -2.70. The molecule has 10 rings (SSSR count). The average molecular weight is 1110 g/mol. The molecular weight excluding hydrogens is 1060 g/mol. The van der Waals surface area contributed by atoms with Gasteiger partial charge in [-0.2, -0.15) is 0 Å². The molecule has 0 bridgehead atoms. The number of halogens is 1. The number of aromatic hydroxyl groups is 2. The van der Waals surface area contributed by atoms with Gasteiger partial charge in [-0.05, 0) is 63.2 Å². The maximum absolute atomic E-state index is 15.1. The number of methoxy groups -OCH3 is 1. The number of phenols is 2. The quantitative estimate of drug-likeness (QED) is 0.0107. The molecule has 1 saturated heterocycles. The van der Waals surface area contributed by atoms with E-state index in [1.807, 2.05) is 127 Å². The van der Waals surface area contributed by atoms with Crippen LogP contribution < -0.4 is 15.4 Å². The number of fused-ring (bicyclic) bond motifs is 1. The number of thiazole rings is 1. The zero-order chi connectivity index (χ0) is 54.9. The molecule has 15 nitrogen and oxygen atoms in total. The summed E-state index contributed by atoms with van der Waals surface area (Å²) in [6.45, 7) is -0.0904. The van der Waals surface area contributed by atoms with Crippen LogP contribution in [-0.4, -0.2) is 79.7 Å². The van der Waals surface area contributed by atoms with Crippen molar-refractivity contribution in [1.29, 1.82) is 0 Å². The summed E-state index contributed by atoms with van der Waals surface area (Å²) in [4.78, 5) is 70.3. The molecule has 2 amide bonds. The van der Waals surface area contributed by atoms with E-state index >= 15 is 4.79 Å². The van der Waals surface area contributed by atoms with Crippen LogP contribution >= 0.6 is 34.7 Å². The van der Waals surface area contributed by atoms with Crippen molar-refractivity contribution in [2.75, 3.05) is 24.1 Å². The van der Waals surface area contributed by atoms with Gasteiger partial charge in [0.15, 0.2) is 28.4 Å². The molecule has 2 aliphatic rings. The first-order valence-electron chi connectivity index (χ1n) is 24.9. The maximum Gasteiger partial charge on any atom is 0.355 e. The first-order chi connectivity index (χ1) is 38.6. The summed E-state index contributed by atoms with van der Waals surface area (Å²) in [5, 5.41) is 33.2. The molecule has 3 atom stereocenters. The van der Waals surface area contributed by atoms with Crippen molar-refractivity contribution in [1.82, 2.24) is 15.2 Å². The second kappa shape index (κ2) is 24.2. The number of nitrogens with one attached hydrogen (secondary N) is 2. The second-order valence-electron chi connectivity index (χ2n) is 18.2. The van der Waals surface area contributed by atoms with E-state index in [9.17, 15) is 24.6 Å². The van der Waals surface area contributed by atoms with Gasteiger partial charge in [-0.3, -0.25) is 14.5 Å². The van der Waals surface area contributed by atoms with Gasteiger partial charge in [-0.15, -0.1) is 34.7 Å². The van der Waals surface area contributed by atoms with Crippen LogP contribution in [-0.2, 0) is 45.6 Å². The fourth-order valence-electron chi connectivity index (χ4n) is 9.32. The van der Waals surface area contributed by atoms with Crippen LogP contribution in [0.3, 0.4) is 0 Å². The third-order valence-electron chi connectivity index (χ3n) is 13.3. The van der Waals surface area contributed by atoms with Crippen LogP contribution in [0.4, 0.5) is 5.13 Å². The number of anilines is 1. The minimum Gasteiger partial charge on any atom is -0.504 e. The molecule has 0 aliphatic carbocycles. The van der Waals surface area contributed by atoms with Gasteiger partial charge in [0.1, 0.15) is 40.7 Å². The molecule has 0 radical (unpaired) electrons. The number of carbonyl (C=O) groups is 4. The Morgan fingerprint density at radius 2 is 1.33 bits per heavy atom. The zero-order valence-electron chi connectivity index (χ0n) is 42.2. The van der Waals surface area contributed by atoms with Crippen molar-refractivity contribution in [3.8, 4) is 17.2 Å². The number of esters is 2. The number of rotatable bonds is 20. The lowest BCUT2D eigenvalue weighted by Gasteiger charge is -2.49. The number of hydrogen-bond donors (Lipinski definition) is 4. The van der Waals surface area contributed by atoms with Crippen molar-refractivity contribution in [2.45, 2.75) is 35.8 Å². The number of carbonyl (C=O) groups excluding carboxylic acids is 4. The van der Waals surface area contributed by atoms with E-state index < -0.39 is 70.1 Å². The number of β-lactam (4-membered cyclic amide) rings is 1. The lowest BCUT2D eigenvalue weighted by atomic mass is 9.77. The number of oxime groups is 1. The van der Waals surface area contributed by atoms with Gasteiger partial charge >= 0.3 is 11.9 Å². The Kier molecular flexibility index (Phi) is 16.4. The molecule has 1 fully saturated rings. The van der Waals surface area contributed by atoms with Crippen LogP contribution in [0, 0.1) is 0 Å². The number of thioether (sulfide) groups is 1. The fraction of sp³-hybridized carbons (Fsp3) is 0.148. The third kappa shape index (κ3) is 11.4. The monoisotopic (exact) mass is 1110 g/mol. The van der Waals surface area contributed by atoms with Crippen molar-refractivity contribution in [3.63, 3.8) is 0 Å². The van der Waals surface area contributed by atoms with Gasteiger partial charge < -0.3 is 39.9 Å². The Morgan fingerprint density at radius 1 is 0.759 bits per heavy atom. The molecule has 4 N–H and O–H groups in total. The number of hydrogen-bond acceptors (Lipinski definition) is 15. The van der Waals surface area contributed by atoms with Crippen LogP contribution in [0.2, 0.25) is 0 Å². The van der Waals surface area contributed by atoms with E-state index in [0.29, 0.717) is 33.1 Å². The molecular formula is C61H50ClN5O10S2. The number of alkyl halides is 1. The van der Waals surface area contributed by atoms with Crippen molar-refractivity contribution >= 4 is 69.3 Å². The largest absolute Gasteiger partial charge is 0.504 e. The average Bonchev–Trinajstić information content (AvgIpc) is 4.06. The van der Waals surface area contributed by atoms with Crippen molar-refractivity contribution in [3.05, 3.63) is 255 Å². The highest BCUT2D eigenvalue weighted by atomic mass is 35.5. The highest BCUT2D eigenvalue weighted by molar-refractivity contribution is 8.00. The molecule has 8 aromatic rings. The van der Waals surface area contributed by atoms with Crippen LogP contribution in [0.5, 0.6) is 17.2 Å². The molecule has 0 saturated carbocycles. The summed E-state index contributed by atoms with van der Waals surface area (Å²) in [7, 11) is 1.55. The molecule has 1 aromatic heterocycles. The minimum absolute atomic E-state index is 0.00301. The molecule has 7 aromatic carbocycles.